The maximum Gasteiger partial charge on any atom is 0.0637 e. The van der Waals surface area contributed by atoms with Gasteiger partial charge in [-0.3, -0.25) is 4.90 Å². The predicted molar refractivity (Wildman–Crippen MR) is 82.4 cm³/mol. The van der Waals surface area contributed by atoms with E-state index in [9.17, 15) is 0 Å². The lowest BCUT2D eigenvalue weighted by molar-refractivity contribution is -0.0158. The van der Waals surface area contributed by atoms with Crippen LogP contribution in [0.3, 0.4) is 0 Å². The summed E-state index contributed by atoms with van der Waals surface area (Å²) in [6, 6.07) is 1.74. The van der Waals surface area contributed by atoms with Crippen LogP contribution in [0.5, 0.6) is 0 Å². The van der Waals surface area contributed by atoms with Gasteiger partial charge in [-0.1, -0.05) is 6.92 Å². The summed E-state index contributed by atoms with van der Waals surface area (Å²) in [5.41, 5.74) is 6.00. The normalized spacial score (nSPS) is 26.7. The van der Waals surface area contributed by atoms with E-state index in [1.807, 2.05) is 7.11 Å². The van der Waals surface area contributed by atoms with Crippen molar-refractivity contribution in [1.29, 1.82) is 0 Å². The van der Waals surface area contributed by atoms with Crippen LogP contribution in [-0.4, -0.2) is 42.3 Å². The lowest BCUT2D eigenvalue weighted by Gasteiger charge is -2.42. The highest BCUT2D eigenvalue weighted by Gasteiger charge is 2.30. The van der Waals surface area contributed by atoms with Gasteiger partial charge < -0.3 is 10.5 Å². The number of hydrogen-bond acceptors (Lipinski definition) is 3. The minimum atomic E-state index is -0.0313. The molecular weight excluding hydrogens is 236 g/mol. The van der Waals surface area contributed by atoms with Gasteiger partial charge in [0.25, 0.3) is 0 Å². The summed E-state index contributed by atoms with van der Waals surface area (Å²) < 4.78 is 5.59. The second-order valence-electron chi connectivity index (χ2n) is 6.82. The van der Waals surface area contributed by atoms with Gasteiger partial charge in [-0.25, -0.2) is 0 Å². The van der Waals surface area contributed by atoms with Crippen molar-refractivity contribution < 1.29 is 4.74 Å². The summed E-state index contributed by atoms with van der Waals surface area (Å²) in [6.07, 6.45) is 7.21. The average Bonchev–Trinajstić information content (AvgIpc) is 2.36. The number of rotatable bonds is 7. The number of hydrogen-bond donors (Lipinski definition) is 1. The molecule has 2 N–H and O–H groups in total. The fraction of sp³-hybridized carbons (Fsp3) is 1.00. The molecule has 3 nitrogen and oxygen atoms in total. The number of nitrogens with two attached hydrogens (primary N) is 1. The highest BCUT2D eigenvalue weighted by Crippen LogP contribution is 2.27. The van der Waals surface area contributed by atoms with Crippen LogP contribution < -0.4 is 5.73 Å². The molecule has 19 heavy (non-hydrogen) atoms. The molecule has 3 heteroatoms. The monoisotopic (exact) mass is 270 g/mol. The molecule has 1 aliphatic rings. The molecule has 0 bridgehead atoms. The van der Waals surface area contributed by atoms with E-state index in [4.69, 9.17) is 10.5 Å². The highest BCUT2D eigenvalue weighted by molar-refractivity contribution is 4.86. The van der Waals surface area contributed by atoms with Gasteiger partial charge in [-0.05, 0) is 65.8 Å². The third-order valence-electron chi connectivity index (χ3n) is 4.60. The zero-order chi connectivity index (χ0) is 14.5. The minimum Gasteiger partial charge on any atom is -0.379 e. The van der Waals surface area contributed by atoms with Crippen LogP contribution in [0.2, 0.25) is 0 Å². The van der Waals surface area contributed by atoms with Gasteiger partial charge in [0.2, 0.25) is 0 Å². The molecule has 1 unspecified atom stereocenters. The van der Waals surface area contributed by atoms with Gasteiger partial charge in [-0.2, -0.15) is 0 Å². The van der Waals surface area contributed by atoms with Gasteiger partial charge >= 0.3 is 0 Å². The van der Waals surface area contributed by atoms with Crippen LogP contribution in [0.25, 0.3) is 0 Å². The quantitative estimate of drug-likeness (QED) is 0.772. The molecule has 1 saturated carbocycles. The first kappa shape index (κ1) is 16.9. The summed E-state index contributed by atoms with van der Waals surface area (Å²) in [6.45, 7) is 10.2. The topological polar surface area (TPSA) is 38.5 Å². The standard InChI is InChI=1S/C16H34N2O/c1-6-11-18(13(2)12-16(3,4)19-5)15-9-7-14(17)8-10-15/h13-15H,6-12,17H2,1-5H3. The molecule has 0 aliphatic heterocycles. The van der Waals surface area contributed by atoms with Crippen molar-refractivity contribution in [2.75, 3.05) is 13.7 Å². The average molecular weight is 270 g/mol. The molecule has 0 saturated heterocycles. The minimum absolute atomic E-state index is 0.0313. The van der Waals surface area contributed by atoms with E-state index < -0.39 is 0 Å². The van der Waals surface area contributed by atoms with Crippen molar-refractivity contribution in [3.63, 3.8) is 0 Å². The fourth-order valence-electron chi connectivity index (χ4n) is 3.37. The van der Waals surface area contributed by atoms with Crippen molar-refractivity contribution in [3.05, 3.63) is 0 Å². The van der Waals surface area contributed by atoms with Crippen molar-refractivity contribution >= 4 is 0 Å². The van der Waals surface area contributed by atoms with Gasteiger partial charge in [0, 0.05) is 25.2 Å². The first-order valence-corrected chi connectivity index (χ1v) is 7.96. The van der Waals surface area contributed by atoms with E-state index in [-0.39, 0.29) is 5.60 Å². The first-order valence-electron chi connectivity index (χ1n) is 7.96. The van der Waals surface area contributed by atoms with Gasteiger partial charge in [0.1, 0.15) is 0 Å². The molecule has 1 fully saturated rings. The Morgan fingerprint density at radius 2 is 1.84 bits per heavy atom. The Hall–Kier alpha value is -0.120. The number of ether oxygens (including phenoxy) is 1. The summed E-state index contributed by atoms with van der Waals surface area (Å²) in [5.74, 6) is 0. The summed E-state index contributed by atoms with van der Waals surface area (Å²) in [7, 11) is 1.82. The van der Waals surface area contributed by atoms with E-state index in [0.29, 0.717) is 12.1 Å². The zero-order valence-corrected chi connectivity index (χ0v) is 13.6. The van der Waals surface area contributed by atoms with Crippen LogP contribution in [0.1, 0.15) is 66.2 Å². The first-order chi connectivity index (χ1) is 8.89. The maximum absolute atomic E-state index is 6.03. The molecule has 114 valence electrons. The Balaban J connectivity index is 2.60. The Bertz CT molecular complexity index is 247. The lowest BCUT2D eigenvalue weighted by Crippen LogP contribution is -2.48. The molecule has 0 aromatic carbocycles. The molecule has 1 rings (SSSR count). The predicted octanol–water partition coefficient (Wildman–Crippen LogP) is 3.17. The smallest absolute Gasteiger partial charge is 0.0637 e. The third kappa shape index (κ3) is 5.41. The van der Waals surface area contributed by atoms with Crippen LogP contribution in [0, 0.1) is 0 Å². The molecule has 0 radical (unpaired) electrons. The van der Waals surface area contributed by atoms with Gasteiger partial charge in [-0.15, -0.1) is 0 Å². The van der Waals surface area contributed by atoms with Gasteiger partial charge in [0.15, 0.2) is 0 Å². The summed E-state index contributed by atoms with van der Waals surface area (Å²) in [5, 5.41) is 0. The second kappa shape index (κ2) is 7.61. The SMILES string of the molecule is CCCN(C(C)CC(C)(C)OC)C1CCC(N)CC1. The number of nitrogens with zero attached hydrogens (tertiary/aromatic N) is 1. The molecule has 0 amide bonds. The third-order valence-corrected chi connectivity index (χ3v) is 4.60. The Kier molecular flexibility index (Phi) is 6.78. The Morgan fingerprint density at radius 1 is 1.26 bits per heavy atom. The van der Waals surface area contributed by atoms with E-state index in [0.717, 1.165) is 12.5 Å². The van der Waals surface area contributed by atoms with Crippen LogP contribution in [0.4, 0.5) is 0 Å². The second-order valence-corrected chi connectivity index (χ2v) is 6.82. The van der Waals surface area contributed by atoms with Gasteiger partial charge in [0.05, 0.1) is 5.60 Å². The molecule has 0 aromatic rings. The highest BCUT2D eigenvalue weighted by atomic mass is 16.5. The zero-order valence-electron chi connectivity index (χ0n) is 13.6. The number of methoxy groups -OCH3 is 1. The molecule has 1 atom stereocenters. The summed E-state index contributed by atoms with van der Waals surface area (Å²) in [4.78, 5) is 2.70. The van der Waals surface area contributed by atoms with Crippen LogP contribution in [-0.2, 0) is 4.74 Å². The maximum atomic E-state index is 6.03. The molecule has 1 aliphatic carbocycles. The van der Waals surface area contributed by atoms with Crippen molar-refractivity contribution in [2.24, 2.45) is 5.73 Å². The van der Waals surface area contributed by atoms with E-state index in [1.165, 1.54) is 38.6 Å². The molecule has 0 aromatic heterocycles. The largest absolute Gasteiger partial charge is 0.379 e. The van der Waals surface area contributed by atoms with Crippen molar-refractivity contribution in [1.82, 2.24) is 4.90 Å². The van der Waals surface area contributed by atoms with Crippen LogP contribution in [0.15, 0.2) is 0 Å². The molecule has 0 spiro atoms. The molecule has 0 heterocycles. The Labute approximate surface area is 119 Å². The van der Waals surface area contributed by atoms with E-state index >= 15 is 0 Å². The van der Waals surface area contributed by atoms with Crippen molar-refractivity contribution in [2.45, 2.75) is 89.9 Å². The van der Waals surface area contributed by atoms with E-state index in [1.54, 1.807) is 0 Å². The van der Waals surface area contributed by atoms with Crippen molar-refractivity contribution in [3.8, 4) is 0 Å². The Morgan fingerprint density at radius 3 is 2.32 bits per heavy atom. The lowest BCUT2D eigenvalue weighted by atomic mass is 9.88. The molecular formula is C16H34N2O. The van der Waals surface area contributed by atoms with Crippen LogP contribution >= 0.6 is 0 Å². The van der Waals surface area contributed by atoms with E-state index in [2.05, 4.69) is 32.6 Å². The fourth-order valence-corrected chi connectivity index (χ4v) is 3.37. The summed E-state index contributed by atoms with van der Waals surface area (Å²) >= 11 is 0.